The van der Waals surface area contributed by atoms with Crippen molar-refractivity contribution in [3.05, 3.63) is 12.7 Å². The molecule has 0 aromatic carbocycles. The van der Waals surface area contributed by atoms with Gasteiger partial charge in [0.1, 0.15) is 12.7 Å². The molecule has 0 aromatic rings. The van der Waals surface area contributed by atoms with Crippen molar-refractivity contribution in [2.45, 2.75) is 19.4 Å². The topological polar surface area (TPSA) is 76.1 Å². The van der Waals surface area contributed by atoms with E-state index in [1.807, 2.05) is 0 Å². The van der Waals surface area contributed by atoms with Gasteiger partial charge in [0.05, 0.1) is 6.61 Å². The molecule has 0 spiro atoms. The van der Waals surface area contributed by atoms with Gasteiger partial charge in [0.2, 0.25) is 0 Å². The monoisotopic (exact) mass is 202 g/mol. The molecule has 1 fully saturated rings. The number of carboxylic acids is 1. The molecule has 0 aliphatic carbocycles. The van der Waals surface area contributed by atoms with Crippen LogP contribution in [0.2, 0.25) is 0 Å². The van der Waals surface area contributed by atoms with Crippen LogP contribution >= 0.6 is 0 Å². The van der Waals surface area contributed by atoms with Crippen LogP contribution in [0.1, 0.15) is 13.3 Å². The molecule has 1 atom stereocenters. The van der Waals surface area contributed by atoms with Crippen LogP contribution in [0.4, 0.5) is 0 Å². The highest BCUT2D eigenvalue weighted by Crippen LogP contribution is 2.08. The van der Waals surface area contributed by atoms with Gasteiger partial charge >= 0.3 is 11.9 Å². The first-order valence-corrected chi connectivity index (χ1v) is 4.22. The maximum absolute atomic E-state index is 10.3. The van der Waals surface area contributed by atoms with Gasteiger partial charge in [-0.2, -0.15) is 0 Å². The summed E-state index contributed by atoms with van der Waals surface area (Å²) in [5.41, 5.74) is 0. The fourth-order valence-corrected chi connectivity index (χ4v) is 0.398. The number of carbonyl (C=O) groups is 2. The van der Waals surface area contributed by atoms with Gasteiger partial charge in [-0.25, -0.2) is 4.79 Å². The van der Waals surface area contributed by atoms with E-state index in [2.05, 4.69) is 11.3 Å². The maximum Gasteiger partial charge on any atom is 0.330 e. The molecular weight excluding hydrogens is 188 g/mol. The van der Waals surface area contributed by atoms with Crippen molar-refractivity contribution in [1.82, 2.24) is 0 Å². The predicted molar refractivity (Wildman–Crippen MR) is 48.8 cm³/mol. The molecular formula is C9H14O5. The van der Waals surface area contributed by atoms with Gasteiger partial charge in [0.25, 0.3) is 0 Å². The third-order valence-electron chi connectivity index (χ3n) is 1.28. The van der Waals surface area contributed by atoms with Crippen molar-refractivity contribution in [2.75, 3.05) is 13.2 Å². The molecule has 0 saturated carbocycles. The van der Waals surface area contributed by atoms with Gasteiger partial charge in [0, 0.05) is 12.5 Å². The first-order chi connectivity index (χ1) is 6.60. The van der Waals surface area contributed by atoms with E-state index in [9.17, 15) is 9.59 Å². The Kier molecular flexibility index (Phi) is 6.39. The minimum Gasteiger partial charge on any atom is -0.481 e. The number of carbonyl (C=O) groups excluding carboxylic acids is 1. The fourth-order valence-electron chi connectivity index (χ4n) is 0.398. The number of ether oxygens (including phenoxy) is 2. The lowest BCUT2D eigenvalue weighted by Gasteiger charge is -1.94. The zero-order valence-corrected chi connectivity index (χ0v) is 8.06. The molecule has 1 aliphatic rings. The SMILES string of the molecule is C=CC(=O)OCC1CO1.CCC(=O)O. The Hall–Kier alpha value is -1.36. The third-order valence-corrected chi connectivity index (χ3v) is 1.28. The molecule has 5 nitrogen and oxygen atoms in total. The van der Waals surface area contributed by atoms with Crippen LogP contribution in [0, 0.1) is 0 Å². The first kappa shape index (κ1) is 12.6. The van der Waals surface area contributed by atoms with Crippen LogP contribution in [-0.4, -0.2) is 36.4 Å². The molecule has 5 heteroatoms. The van der Waals surface area contributed by atoms with Crippen LogP contribution in [0.15, 0.2) is 12.7 Å². The van der Waals surface area contributed by atoms with Crippen LogP contribution in [-0.2, 0) is 19.1 Å². The van der Waals surface area contributed by atoms with E-state index in [1.165, 1.54) is 0 Å². The number of hydrogen-bond acceptors (Lipinski definition) is 4. The molecule has 0 amide bonds. The van der Waals surface area contributed by atoms with Crippen LogP contribution in [0.25, 0.3) is 0 Å². The second-order valence-corrected chi connectivity index (χ2v) is 2.54. The molecule has 1 saturated heterocycles. The number of hydrogen-bond donors (Lipinski definition) is 1. The summed E-state index contributed by atoms with van der Waals surface area (Å²) in [6, 6.07) is 0. The average molecular weight is 202 g/mol. The van der Waals surface area contributed by atoms with Crippen molar-refractivity contribution in [2.24, 2.45) is 0 Å². The number of aliphatic carboxylic acids is 1. The molecule has 80 valence electrons. The van der Waals surface area contributed by atoms with Crippen molar-refractivity contribution in [3.8, 4) is 0 Å². The minimum absolute atomic E-state index is 0.147. The van der Waals surface area contributed by atoms with E-state index in [0.717, 1.165) is 6.08 Å². The van der Waals surface area contributed by atoms with Crippen molar-refractivity contribution >= 4 is 11.9 Å². The van der Waals surface area contributed by atoms with E-state index in [0.29, 0.717) is 13.2 Å². The quantitative estimate of drug-likeness (QED) is 0.410. The standard InChI is InChI=1S/C6H8O3.C3H6O2/c1-2-6(7)9-4-5-3-8-5;1-2-3(4)5/h2,5H,1,3-4H2;2H2,1H3,(H,4,5). The smallest absolute Gasteiger partial charge is 0.330 e. The number of epoxide rings is 1. The van der Waals surface area contributed by atoms with E-state index in [4.69, 9.17) is 9.84 Å². The second kappa shape index (κ2) is 7.08. The molecule has 1 N–H and O–H groups in total. The summed E-state index contributed by atoms with van der Waals surface area (Å²) in [5.74, 6) is -1.13. The summed E-state index contributed by atoms with van der Waals surface area (Å²) in [5, 5.41) is 7.72. The minimum atomic E-state index is -0.745. The van der Waals surface area contributed by atoms with Crippen molar-refractivity contribution in [1.29, 1.82) is 0 Å². The molecule has 1 unspecified atom stereocenters. The highest BCUT2D eigenvalue weighted by atomic mass is 16.6. The van der Waals surface area contributed by atoms with Crippen LogP contribution < -0.4 is 0 Å². The van der Waals surface area contributed by atoms with Gasteiger partial charge < -0.3 is 14.6 Å². The highest BCUT2D eigenvalue weighted by molar-refractivity contribution is 5.81. The summed E-state index contributed by atoms with van der Waals surface area (Å²) in [7, 11) is 0. The summed E-state index contributed by atoms with van der Waals surface area (Å²) in [6.45, 7) is 5.92. The van der Waals surface area contributed by atoms with Crippen LogP contribution in [0.5, 0.6) is 0 Å². The fraction of sp³-hybridized carbons (Fsp3) is 0.556. The van der Waals surface area contributed by atoms with Gasteiger partial charge in [-0.15, -0.1) is 0 Å². The maximum atomic E-state index is 10.3. The Balaban J connectivity index is 0.000000292. The lowest BCUT2D eigenvalue weighted by molar-refractivity contribution is -0.138. The molecule has 1 rings (SSSR count). The number of esters is 1. The molecule has 1 heterocycles. The zero-order valence-electron chi connectivity index (χ0n) is 8.06. The zero-order chi connectivity index (χ0) is 11.0. The Morgan fingerprint density at radius 3 is 2.50 bits per heavy atom. The third kappa shape index (κ3) is 8.73. The van der Waals surface area contributed by atoms with Gasteiger partial charge in [0.15, 0.2) is 0 Å². The van der Waals surface area contributed by atoms with E-state index >= 15 is 0 Å². The Morgan fingerprint density at radius 1 is 1.71 bits per heavy atom. The highest BCUT2D eigenvalue weighted by Gasteiger charge is 2.23. The van der Waals surface area contributed by atoms with Crippen molar-refractivity contribution in [3.63, 3.8) is 0 Å². The normalized spacial score (nSPS) is 17.4. The average Bonchev–Trinajstić information content (AvgIpc) is 2.98. The Bertz CT molecular complexity index is 207. The van der Waals surface area contributed by atoms with E-state index < -0.39 is 5.97 Å². The van der Waals surface area contributed by atoms with Gasteiger partial charge in [-0.05, 0) is 0 Å². The molecule has 0 radical (unpaired) electrons. The van der Waals surface area contributed by atoms with E-state index in [-0.39, 0.29) is 18.5 Å². The lowest BCUT2D eigenvalue weighted by Crippen LogP contribution is -2.06. The second-order valence-electron chi connectivity index (χ2n) is 2.54. The Morgan fingerprint density at radius 2 is 2.21 bits per heavy atom. The van der Waals surface area contributed by atoms with Gasteiger partial charge in [-0.1, -0.05) is 13.5 Å². The summed E-state index contributed by atoms with van der Waals surface area (Å²) >= 11 is 0. The largest absolute Gasteiger partial charge is 0.481 e. The van der Waals surface area contributed by atoms with Crippen LogP contribution in [0.3, 0.4) is 0 Å². The molecule has 0 aromatic heterocycles. The van der Waals surface area contributed by atoms with E-state index in [1.54, 1.807) is 6.92 Å². The van der Waals surface area contributed by atoms with Crippen molar-refractivity contribution < 1.29 is 24.2 Å². The number of rotatable bonds is 4. The molecule has 1 aliphatic heterocycles. The molecule has 14 heavy (non-hydrogen) atoms. The predicted octanol–water partition coefficient (Wildman–Crippen LogP) is 0.595. The van der Waals surface area contributed by atoms with Gasteiger partial charge in [-0.3, -0.25) is 4.79 Å². The lowest BCUT2D eigenvalue weighted by atomic mass is 10.5. The first-order valence-electron chi connectivity index (χ1n) is 4.22. The molecule has 0 bridgehead atoms. The summed E-state index contributed by atoms with van der Waals surface area (Å²) in [6.07, 6.45) is 1.51. The Labute approximate surface area is 82.3 Å². The summed E-state index contributed by atoms with van der Waals surface area (Å²) in [4.78, 5) is 19.7. The summed E-state index contributed by atoms with van der Waals surface area (Å²) < 4.78 is 9.42. The number of carboxylic acid groups (broad SMARTS) is 1.